The van der Waals surface area contributed by atoms with Gasteiger partial charge in [-0.15, -0.1) is 0 Å². The lowest BCUT2D eigenvalue weighted by Crippen LogP contribution is -2.17. The zero-order chi connectivity index (χ0) is 11.8. The summed E-state index contributed by atoms with van der Waals surface area (Å²) in [6.07, 6.45) is -2.94. The third-order valence-corrected chi connectivity index (χ3v) is 3.32. The molecule has 2 N–H and O–H groups in total. The summed E-state index contributed by atoms with van der Waals surface area (Å²) in [6, 6.07) is 1.01. The van der Waals surface area contributed by atoms with Crippen molar-refractivity contribution in [3.05, 3.63) is 21.8 Å². The molecule has 0 atom stereocenters. The average Bonchev–Trinajstić information content (AvgIpc) is 2.06. The Kier molecular flexibility index (Phi) is 3.41. The first-order valence-electron chi connectivity index (χ1n) is 3.71. The van der Waals surface area contributed by atoms with E-state index in [9.17, 15) is 17.2 Å². The van der Waals surface area contributed by atoms with E-state index in [-0.39, 0.29) is 5.69 Å². The van der Waals surface area contributed by atoms with Gasteiger partial charge in [-0.25, -0.2) is 27.3 Å². The predicted molar refractivity (Wildman–Crippen MR) is 53.0 cm³/mol. The zero-order valence-electron chi connectivity index (χ0n) is 7.54. The number of nitrogens with two attached hydrogens (primary N) is 1. The van der Waals surface area contributed by atoms with Gasteiger partial charge in [-0.3, -0.25) is 0 Å². The normalized spacial score (nSPS) is 12.1. The predicted octanol–water partition coefficient (Wildman–Crippen LogP) is 1.74. The van der Waals surface area contributed by atoms with Crippen molar-refractivity contribution in [2.45, 2.75) is 18.4 Å². The van der Waals surface area contributed by atoms with Gasteiger partial charge in [0.05, 0.1) is 11.3 Å². The Morgan fingerprint density at radius 2 is 2.07 bits per heavy atom. The van der Waals surface area contributed by atoms with E-state index in [1.54, 1.807) is 0 Å². The molecule has 4 nitrogen and oxygen atoms in total. The second-order valence-electron chi connectivity index (χ2n) is 2.80. The molecule has 15 heavy (non-hydrogen) atoms. The lowest BCUT2D eigenvalue weighted by atomic mass is 10.2. The van der Waals surface area contributed by atoms with E-state index in [0.717, 1.165) is 6.07 Å². The van der Waals surface area contributed by atoms with Gasteiger partial charge in [-0.1, -0.05) is 0 Å². The molecule has 0 aliphatic rings. The maximum atomic E-state index is 12.5. The molecule has 0 fully saturated rings. The molecule has 8 heteroatoms. The molecule has 0 radical (unpaired) electrons. The van der Waals surface area contributed by atoms with E-state index >= 15 is 0 Å². The number of sulfonamides is 1. The van der Waals surface area contributed by atoms with E-state index in [4.69, 9.17) is 5.14 Å². The topological polar surface area (TPSA) is 73.0 Å². The van der Waals surface area contributed by atoms with Crippen LogP contribution in [0.25, 0.3) is 0 Å². The van der Waals surface area contributed by atoms with Crippen LogP contribution in [0.3, 0.4) is 0 Å². The van der Waals surface area contributed by atoms with Crippen molar-refractivity contribution in [3.63, 3.8) is 0 Å². The number of hydrogen-bond donors (Lipinski definition) is 1. The molecule has 0 aromatic carbocycles. The van der Waals surface area contributed by atoms with Crippen LogP contribution in [0, 0.1) is 6.92 Å². The minimum atomic E-state index is -4.23. The molecule has 0 aliphatic heterocycles. The fourth-order valence-electron chi connectivity index (χ4n) is 0.957. The fraction of sp³-hybridized carbons (Fsp3) is 0.286. The molecular formula is C7H7BrF2N2O2S. The number of alkyl halides is 2. The quantitative estimate of drug-likeness (QED) is 0.904. The first-order valence-corrected chi connectivity index (χ1v) is 6.05. The molecule has 0 bridgehead atoms. The van der Waals surface area contributed by atoms with Crippen molar-refractivity contribution in [2.24, 2.45) is 5.14 Å². The lowest BCUT2D eigenvalue weighted by Gasteiger charge is -2.08. The van der Waals surface area contributed by atoms with E-state index < -0.39 is 27.0 Å². The maximum absolute atomic E-state index is 12.5. The smallest absolute Gasteiger partial charge is 0.239 e. The van der Waals surface area contributed by atoms with Gasteiger partial charge in [-0.05, 0) is 28.9 Å². The number of primary sulfonamides is 1. The number of rotatable bonds is 2. The first-order chi connectivity index (χ1) is 6.73. The van der Waals surface area contributed by atoms with Gasteiger partial charge in [-0.2, -0.15) is 0 Å². The molecular weight excluding hydrogens is 294 g/mol. The molecule has 0 unspecified atom stereocenters. The van der Waals surface area contributed by atoms with Crippen molar-refractivity contribution in [2.75, 3.05) is 0 Å². The SMILES string of the molecule is Cc1nc(S(N)(=O)=O)c(C(F)F)cc1Br. The highest BCUT2D eigenvalue weighted by molar-refractivity contribution is 9.10. The van der Waals surface area contributed by atoms with Gasteiger partial charge >= 0.3 is 0 Å². The molecule has 84 valence electrons. The summed E-state index contributed by atoms with van der Waals surface area (Å²) >= 11 is 2.98. The summed E-state index contributed by atoms with van der Waals surface area (Å²) in [4.78, 5) is 3.53. The molecule has 1 rings (SSSR count). The average molecular weight is 301 g/mol. The second-order valence-corrected chi connectivity index (χ2v) is 5.13. The van der Waals surface area contributed by atoms with E-state index in [1.807, 2.05) is 0 Å². The first kappa shape index (κ1) is 12.5. The lowest BCUT2D eigenvalue weighted by molar-refractivity contribution is 0.147. The Hall–Kier alpha value is -0.600. The molecule has 0 amide bonds. The number of nitrogens with zero attached hydrogens (tertiary/aromatic N) is 1. The third kappa shape index (κ3) is 2.70. The highest BCUT2D eigenvalue weighted by atomic mass is 79.9. The number of halogens is 3. The monoisotopic (exact) mass is 300 g/mol. The Balaban J connectivity index is 3.56. The molecule has 0 aliphatic carbocycles. The van der Waals surface area contributed by atoms with E-state index in [1.165, 1.54) is 6.92 Å². The molecule has 0 saturated heterocycles. The van der Waals surface area contributed by atoms with Crippen LogP contribution in [0.15, 0.2) is 15.6 Å². The number of aromatic nitrogens is 1. The minimum Gasteiger partial charge on any atom is -0.239 e. The Morgan fingerprint density at radius 3 is 2.47 bits per heavy atom. The zero-order valence-corrected chi connectivity index (χ0v) is 9.94. The van der Waals surface area contributed by atoms with E-state index in [2.05, 4.69) is 20.9 Å². The van der Waals surface area contributed by atoms with Gasteiger partial charge in [0.25, 0.3) is 16.4 Å². The second kappa shape index (κ2) is 4.11. The van der Waals surface area contributed by atoms with Crippen LogP contribution in [0.4, 0.5) is 8.78 Å². The van der Waals surface area contributed by atoms with Gasteiger partial charge in [0.15, 0.2) is 5.03 Å². The number of aryl methyl sites for hydroxylation is 1. The van der Waals surface area contributed by atoms with Crippen LogP contribution < -0.4 is 5.14 Å². The third-order valence-electron chi connectivity index (χ3n) is 1.65. The highest BCUT2D eigenvalue weighted by Gasteiger charge is 2.23. The van der Waals surface area contributed by atoms with Gasteiger partial charge in [0, 0.05) is 4.47 Å². The summed E-state index contributed by atoms with van der Waals surface area (Å²) in [7, 11) is -4.23. The van der Waals surface area contributed by atoms with Crippen LogP contribution in [0.2, 0.25) is 0 Å². The molecule has 1 aromatic rings. The van der Waals surface area contributed by atoms with Crippen molar-refractivity contribution in [3.8, 4) is 0 Å². The molecule has 0 spiro atoms. The molecule has 0 saturated carbocycles. The van der Waals surface area contributed by atoms with Crippen LogP contribution >= 0.6 is 15.9 Å². The number of hydrogen-bond acceptors (Lipinski definition) is 3. The largest absolute Gasteiger partial charge is 0.266 e. The summed E-state index contributed by atoms with van der Waals surface area (Å²) < 4.78 is 47.3. The highest BCUT2D eigenvalue weighted by Crippen LogP contribution is 2.28. The minimum absolute atomic E-state index is 0.281. The van der Waals surface area contributed by atoms with Crippen molar-refractivity contribution < 1.29 is 17.2 Å². The Morgan fingerprint density at radius 1 is 1.53 bits per heavy atom. The fourth-order valence-corrected chi connectivity index (χ4v) is 2.03. The van der Waals surface area contributed by atoms with Crippen LogP contribution in [-0.2, 0) is 10.0 Å². The summed E-state index contributed by atoms with van der Waals surface area (Å²) in [5.41, 5.74) is -0.418. The van der Waals surface area contributed by atoms with Crippen LogP contribution in [-0.4, -0.2) is 13.4 Å². The van der Waals surface area contributed by atoms with Gasteiger partial charge in [0.2, 0.25) is 0 Å². The Bertz CT molecular complexity index is 490. The molecule has 1 heterocycles. The summed E-state index contributed by atoms with van der Waals surface area (Å²) in [5, 5.41) is 4.00. The van der Waals surface area contributed by atoms with Crippen molar-refractivity contribution in [1.29, 1.82) is 0 Å². The summed E-state index contributed by atoms with van der Waals surface area (Å²) in [6.45, 7) is 1.48. The van der Waals surface area contributed by atoms with Crippen molar-refractivity contribution in [1.82, 2.24) is 4.98 Å². The van der Waals surface area contributed by atoms with Crippen LogP contribution in [0.5, 0.6) is 0 Å². The summed E-state index contributed by atoms with van der Waals surface area (Å²) in [5.74, 6) is 0. The van der Waals surface area contributed by atoms with Gasteiger partial charge < -0.3 is 0 Å². The molecule has 1 aromatic heterocycles. The van der Waals surface area contributed by atoms with Crippen LogP contribution in [0.1, 0.15) is 17.7 Å². The maximum Gasteiger partial charge on any atom is 0.266 e. The Labute approximate surface area is 93.7 Å². The van der Waals surface area contributed by atoms with Crippen molar-refractivity contribution >= 4 is 26.0 Å². The van der Waals surface area contributed by atoms with E-state index in [0.29, 0.717) is 4.47 Å². The standard InChI is InChI=1S/C7H7BrF2N2O2S/c1-3-5(8)2-4(6(9)10)7(12-3)15(11,13)14/h2,6H,1H3,(H2,11,13,14). The number of pyridine rings is 1. The van der Waals surface area contributed by atoms with Gasteiger partial charge in [0.1, 0.15) is 0 Å².